The third-order valence-corrected chi connectivity index (χ3v) is 5.12. The molecule has 6 nitrogen and oxygen atoms in total. The van der Waals surface area contributed by atoms with Gasteiger partial charge < -0.3 is 15.0 Å². The number of piperidine rings is 1. The van der Waals surface area contributed by atoms with Crippen molar-refractivity contribution < 1.29 is 22.7 Å². The fraction of sp³-hybridized carbons (Fsp3) is 0.500. The molecule has 2 bridgehead atoms. The second-order valence-electron chi connectivity index (χ2n) is 6.73. The molecule has 2 fully saturated rings. The van der Waals surface area contributed by atoms with E-state index in [0.717, 1.165) is 19.4 Å². The molecule has 4 rings (SSSR count). The molecule has 3 atom stereocenters. The van der Waals surface area contributed by atoms with Gasteiger partial charge >= 0.3 is 6.36 Å². The summed E-state index contributed by atoms with van der Waals surface area (Å²) in [4.78, 5) is 14.8. The van der Waals surface area contributed by atoms with Crippen LogP contribution in [0.15, 0.2) is 18.2 Å². The number of amides is 1. The quantitative estimate of drug-likeness (QED) is 0.887. The monoisotopic (exact) mass is 354 g/mol. The van der Waals surface area contributed by atoms with Gasteiger partial charge in [0.1, 0.15) is 5.75 Å². The van der Waals surface area contributed by atoms with Crippen LogP contribution in [0.5, 0.6) is 5.75 Å². The van der Waals surface area contributed by atoms with Crippen molar-refractivity contribution in [2.45, 2.75) is 31.3 Å². The van der Waals surface area contributed by atoms with Gasteiger partial charge in [-0.1, -0.05) is 0 Å². The van der Waals surface area contributed by atoms with E-state index in [1.54, 1.807) is 0 Å². The Balaban J connectivity index is 1.54. The molecule has 1 saturated carbocycles. The zero-order chi connectivity index (χ0) is 17.8. The van der Waals surface area contributed by atoms with Gasteiger partial charge in [-0.15, -0.1) is 13.2 Å². The van der Waals surface area contributed by atoms with Crippen molar-refractivity contribution in [1.82, 2.24) is 20.4 Å². The van der Waals surface area contributed by atoms with Gasteiger partial charge in [-0.2, -0.15) is 5.10 Å². The number of rotatable bonds is 3. The van der Waals surface area contributed by atoms with Gasteiger partial charge in [0, 0.05) is 24.0 Å². The van der Waals surface area contributed by atoms with Crippen LogP contribution in [0.25, 0.3) is 10.9 Å². The topological polar surface area (TPSA) is 70.2 Å². The highest BCUT2D eigenvalue weighted by molar-refractivity contribution is 6.05. The fourth-order valence-corrected chi connectivity index (χ4v) is 3.95. The number of ether oxygens (including phenoxy) is 1. The Kier molecular flexibility index (Phi) is 3.64. The minimum absolute atomic E-state index is 0.0788. The lowest BCUT2D eigenvalue weighted by Crippen LogP contribution is -2.44. The van der Waals surface area contributed by atoms with Crippen molar-refractivity contribution in [3.8, 4) is 5.75 Å². The molecule has 1 saturated heterocycles. The minimum Gasteiger partial charge on any atom is -0.406 e. The Labute approximate surface area is 141 Å². The maximum atomic E-state index is 12.6. The molecule has 0 spiro atoms. The Bertz CT molecular complexity index is 817. The van der Waals surface area contributed by atoms with Gasteiger partial charge in [0.15, 0.2) is 5.69 Å². The van der Waals surface area contributed by atoms with E-state index in [-0.39, 0.29) is 23.4 Å². The van der Waals surface area contributed by atoms with E-state index >= 15 is 0 Å². The van der Waals surface area contributed by atoms with Gasteiger partial charge in [-0.05, 0) is 44.0 Å². The van der Waals surface area contributed by atoms with Crippen LogP contribution in [-0.2, 0) is 0 Å². The van der Waals surface area contributed by atoms with Crippen molar-refractivity contribution in [2.75, 3.05) is 13.6 Å². The van der Waals surface area contributed by atoms with Crippen LogP contribution in [0.3, 0.4) is 0 Å². The highest BCUT2D eigenvalue weighted by Crippen LogP contribution is 2.37. The number of alkyl halides is 3. The number of fused-ring (bicyclic) bond motifs is 3. The number of halogens is 3. The predicted molar refractivity (Wildman–Crippen MR) is 83.2 cm³/mol. The molecule has 2 N–H and O–H groups in total. The number of hydrogen-bond donors (Lipinski definition) is 2. The van der Waals surface area contributed by atoms with E-state index in [4.69, 9.17) is 0 Å². The number of carbonyl (C=O) groups excluding carboxylic acids is 1. The molecule has 1 aromatic heterocycles. The predicted octanol–water partition coefficient (Wildman–Crippen LogP) is 2.28. The molecule has 1 aliphatic heterocycles. The Morgan fingerprint density at radius 3 is 2.84 bits per heavy atom. The largest absolute Gasteiger partial charge is 0.573 e. The van der Waals surface area contributed by atoms with Crippen molar-refractivity contribution in [3.05, 3.63) is 23.9 Å². The summed E-state index contributed by atoms with van der Waals surface area (Å²) in [6.07, 6.45) is -2.83. The standard InChI is InChI=1S/C16H17F3N4O2/c1-23-7-8-4-9(23)5-13(8)20-15(24)14-11-6-10(25-16(17,18)19)2-3-12(11)21-22-14/h2-3,6,8-9,13H,4-5,7H2,1H3,(H,20,24)(H,21,22). The Morgan fingerprint density at radius 1 is 1.40 bits per heavy atom. The third-order valence-electron chi connectivity index (χ3n) is 5.12. The Morgan fingerprint density at radius 2 is 2.20 bits per heavy atom. The summed E-state index contributed by atoms with van der Waals surface area (Å²) in [6.45, 7) is 0.945. The summed E-state index contributed by atoms with van der Waals surface area (Å²) in [5, 5.41) is 9.92. The second-order valence-corrected chi connectivity index (χ2v) is 6.73. The average molecular weight is 354 g/mol. The number of aromatic amines is 1. The molecule has 25 heavy (non-hydrogen) atoms. The maximum absolute atomic E-state index is 12.6. The summed E-state index contributed by atoms with van der Waals surface area (Å²) < 4.78 is 41.1. The van der Waals surface area contributed by atoms with Crippen LogP contribution < -0.4 is 10.1 Å². The molecule has 3 unspecified atom stereocenters. The van der Waals surface area contributed by atoms with E-state index in [2.05, 4.69) is 32.2 Å². The van der Waals surface area contributed by atoms with E-state index < -0.39 is 6.36 Å². The fourth-order valence-electron chi connectivity index (χ4n) is 3.95. The van der Waals surface area contributed by atoms with Crippen LogP contribution in [0.1, 0.15) is 23.3 Å². The van der Waals surface area contributed by atoms with E-state index in [9.17, 15) is 18.0 Å². The first-order chi connectivity index (χ1) is 11.8. The van der Waals surface area contributed by atoms with E-state index in [0.29, 0.717) is 22.9 Å². The Hall–Kier alpha value is -2.29. The van der Waals surface area contributed by atoms with E-state index in [1.807, 2.05) is 0 Å². The van der Waals surface area contributed by atoms with Crippen LogP contribution in [-0.4, -0.2) is 53.0 Å². The molecule has 9 heteroatoms. The number of nitrogens with one attached hydrogen (secondary N) is 2. The zero-order valence-electron chi connectivity index (χ0n) is 13.4. The molecular weight excluding hydrogens is 337 g/mol. The number of benzene rings is 1. The highest BCUT2D eigenvalue weighted by atomic mass is 19.4. The van der Waals surface area contributed by atoms with Gasteiger partial charge in [0.05, 0.1) is 5.52 Å². The SMILES string of the molecule is CN1CC2CC1CC2NC(=O)c1n[nH]c2ccc(OC(F)(F)F)cc12. The number of aromatic nitrogens is 2. The molecule has 0 radical (unpaired) electrons. The van der Waals surface area contributed by atoms with Crippen LogP contribution >= 0.6 is 0 Å². The lowest BCUT2D eigenvalue weighted by molar-refractivity contribution is -0.274. The molecule has 2 aliphatic rings. The number of H-pyrrole nitrogens is 1. The minimum atomic E-state index is -4.78. The summed E-state index contributed by atoms with van der Waals surface area (Å²) in [5.74, 6) is -0.346. The molecule has 2 aromatic rings. The molecule has 1 aliphatic carbocycles. The van der Waals surface area contributed by atoms with E-state index in [1.165, 1.54) is 18.2 Å². The summed E-state index contributed by atoms with van der Waals surface area (Å²) in [6, 6.07) is 4.33. The second kappa shape index (κ2) is 5.62. The van der Waals surface area contributed by atoms with Crippen LogP contribution in [0, 0.1) is 5.92 Å². The molecule has 1 amide bonds. The number of carbonyl (C=O) groups is 1. The average Bonchev–Trinajstić information content (AvgIpc) is 3.18. The summed E-state index contributed by atoms with van der Waals surface area (Å²) in [7, 11) is 2.08. The molecule has 134 valence electrons. The van der Waals surface area contributed by atoms with Crippen LogP contribution in [0.4, 0.5) is 13.2 Å². The van der Waals surface area contributed by atoms with Crippen molar-refractivity contribution >= 4 is 16.8 Å². The highest BCUT2D eigenvalue weighted by Gasteiger charge is 2.43. The first kappa shape index (κ1) is 16.2. The van der Waals surface area contributed by atoms with Gasteiger partial charge in [0.2, 0.25) is 0 Å². The summed E-state index contributed by atoms with van der Waals surface area (Å²) >= 11 is 0. The lowest BCUT2D eigenvalue weighted by Gasteiger charge is -2.28. The lowest BCUT2D eigenvalue weighted by atomic mass is 10.0. The smallest absolute Gasteiger partial charge is 0.406 e. The van der Waals surface area contributed by atoms with Crippen molar-refractivity contribution in [3.63, 3.8) is 0 Å². The van der Waals surface area contributed by atoms with Crippen molar-refractivity contribution in [2.24, 2.45) is 5.92 Å². The third kappa shape index (κ3) is 3.04. The first-order valence-corrected chi connectivity index (χ1v) is 8.05. The first-order valence-electron chi connectivity index (χ1n) is 8.05. The zero-order valence-corrected chi connectivity index (χ0v) is 13.4. The molecule has 1 aromatic carbocycles. The van der Waals surface area contributed by atoms with Gasteiger partial charge in [0.25, 0.3) is 5.91 Å². The van der Waals surface area contributed by atoms with Crippen LogP contribution in [0.2, 0.25) is 0 Å². The molecular formula is C16H17F3N4O2. The molecule has 2 heterocycles. The normalized spacial score (nSPS) is 26.3. The maximum Gasteiger partial charge on any atom is 0.573 e. The van der Waals surface area contributed by atoms with Gasteiger partial charge in [-0.25, -0.2) is 0 Å². The number of hydrogen-bond acceptors (Lipinski definition) is 4. The summed E-state index contributed by atoms with van der Waals surface area (Å²) in [5.41, 5.74) is 0.561. The number of likely N-dealkylation sites (tertiary alicyclic amines) is 1. The number of nitrogens with zero attached hydrogens (tertiary/aromatic N) is 2. The van der Waals surface area contributed by atoms with Crippen molar-refractivity contribution in [1.29, 1.82) is 0 Å². The van der Waals surface area contributed by atoms with Gasteiger partial charge in [-0.3, -0.25) is 9.89 Å².